The van der Waals surface area contributed by atoms with Crippen LogP contribution in [0, 0.1) is 17.8 Å². The molecule has 2 fully saturated rings. The van der Waals surface area contributed by atoms with Crippen molar-refractivity contribution in [3.63, 3.8) is 0 Å². The van der Waals surface area contributed by atoms with Gasteiger partial charge in [-0.25, -0.2) is 0 Å². The fourth-order valence-corrected chi connectivity index (χ4v) is 5.51. The fourth-order valence-electron chi connectivity index (χ4n) is 4.27. The Morgan fingerprint density at radius 2 is 2.06 bits per heavy atom. The number of fused-ring (bicyclic) bond motifs is 1. The summed E-state index contributed by atoms with van der Waals surface area (Å²) in [4.78, 5) is 26.9. The Morgan fingerprint density at radius 3 is 2.78 bits per heavy atom. The van der Waals surface area contributed by atoms with Crippen molar-refractivity contribution in [1.29, 1.82) is 0 Å². The van der Waals surface area contributed by atoms with Gasteiger partial charge in [0.1, 0.15) is 11.3 Å². The molecule has 2 heterocycles. The zero-order valence-corrected chi connectivity index (χ0v) is 19.6. The number of thiophene rings is 1. The molecule has 3 N–H and O–H groups in total. The van der Waals surface area contributed by atoms with Crippen LogP contribution in [0.15, 0.2) is 6.33 Å². The predicted molar refractivity (Wildman–Crippen MR) is 127 cm³/mol. The van der Waals surface area contributed by atoms with Gasteiger partial charge in [-0.05, 0) is 62.3 Å². The van der Waals surface area contributed by atoms with Gasteiger partial charge in [-0.15, -0.1) is 21.5 Å². The molecule has 32 heavy (non-hydrogen) atoms. The molecule has 0 spiro atoms. The summed E-state index contributed by atoms with van der Waals surface area (Å²) in [5.41, 5.74) is 1.75. The third-order valence-electron chi connectivity index (χ3n) is 6.53. The van der Waals surface area contributed by atoms with Gasteiger partial charge >= 0.3 is 0 Å². The van der Waals surface area contributed by atoms with Gasteiger partial charge in [0, 0.05) is 31.4 Å². The van der Waals surface area contributed by atoms with Crippen LogP contribution in [0.25, 0.3) is 0 Å². The van der Waals surface area contributed by atoms with Crippen molar-refractivity contribution in [2.45, 2.75) is 64.8 Å². The van der Waals surface area contributed by atoms with E-state index in [1.165, 1.54) is 17.7 Å². The minimum absolute atomic E-state index is 0. The third-order valence-corrected chi connectivity index (χ3v) is 7.74. The summed E-state index contributed by atoms with van der Waals surface area (Å²) in [7, 11) is 0. The van der Waals surface area contributed by atoms with Crippen LogP contribution in [0.3, 0.4) is 0 Å². The number of nitrogens with one attached hydrogen (secondary N) is 3. The van der Waals surface area contributed by atoms with Gasteiger partial charge in [-0.3, -0.25) is 14.2 Å². The quantitative estimate of drug-likeness (QED) is 0.530. The largest absolute Gasteiger partial charge is 0.354 e. The van der Waals surface area contributed by atoms with Crippen molar-refractivity contribution in [3.8, 4) is 0 Å². The summed E-state index contributed by atoms with van der Waals surface area (Å²) in [6, 6.07) is 0.184. The zero-order valence-electron chi connectivity index (χ0n) is 18.8. The number of hydrogen-bond donors (Lipinski definition) is 3. The number of nitrogens with zero attached hydrogens (tertiary/aromatic N) is 3. The molecule has 0 radical (unpaired) electrons. The number of amides is 2. The van der Waals surface area contributed by atoms with E-state index in [1.807, 2.05) is 0 Å². The lowest BCUT2D eigenvalue weighted by molar-refractivity contribution is -0.117. The summed E-state index contributed by atoms with van der Waals surface area (Å²) in [5.74, 6) is 2.00. The number of anilines is 2. The van der Waals surface area contributed by atoms with E-state index in [-0.39, 0.29) is 25.2 Å². The molecule has 0 saturated heterocycles. The molecule has 0 aromatic carbocycles. The Labute approximate surface area is 194 Å². The molecule has 2 aromatic rings. The Hall–Kier alpha value is -2.42. The Bertz CT molecular complexity index is 1010. The summed E-state index contributed by atoms with van der Waals surface area (Å²) in [6.07, 6.45) is 8.64. The first kappa shape index (κ1) is 21.4. The van der Waals surface area contributed by atoms with Gasteiger partial charge in [-0.1, -0.05) is 13.8 Å². The molecule has 0 unspecified atom stereocenters. The van der Waals surface area contributed by atoms with Crippen LogP contribution in [-0.4, -0.2) is 39.7 Å². The molecular formula is C23H34N6O2S. The molecule has 1 atom stereocenters. The van der Waals surface area contributed by atoms with E-state index in [2.05, 4.69) is 44.6 Å². The number of aryl methyl sites for hydroxylation is 1. The highest BCUT2D eigenvalue weighted by molar-refractivity contribution is 7.17. The molecule has 9 heteroatoms. The molecule has 8 nitrogen and oxygen atoms in total. The van der Waals surface area contributed by atoms with E-state index in [0.29, 0.717) is 17.4 Å². The van der Waals surface area contributed by atoms with Gasteiger partial charge < -0.3 is 16.0 Å². The summed E-state index contributed by atoms with van der Waals surface area (Å²) in [6.45, 7) is 5.88. The molecule has 5 rings (SSSR count). The van der Waals surface area contributed by atoms with Crippen LogP contribution in [0.2, 0.25) is 0 Å². The number of carbonyl (C=O) groups is 2. The average Bonchev–Trinajstić information content (AvgIpc) is 3.69. The lowest BCUT2D eigenvalue weighted by Crippen LogP contribution is -2.29. The van der Waals surface area contributed by atoms with Crippen molar-refractivity contribution in [1.82, 2.24) is 20.1 Å². The van der Waals surface area contributed by atoms with Crippen LogP contribution in [-0.2, 0) is 17.6 Å². The second-order valence-electron chi connectivity index (χ2n) is 9.86. The smallest absolute Gasteiger partial charge is 0.254 e. The van der Waals surface area contributed by atoms with Gasteiger partial charge in [0.25, 0.3) is 5.91 Å². The molecule has 3 aliphatic rings. The highest BCUT2D eigenvalue weighted by Gasteiger charge is 2.35. The van der Waals surface area contributed by atoms with Crippen LogP contribution in [0.5, 0.6) is 0 Å². The fraction of sp³-hybridized carbons (Fsp3) is 0.652. The van der Waals surface area contributed by atoms with E-state index in [0.717, 1.165) is 61.7 Å². The summed E-state index contributed by atoms with van der Waals surface area (Å²) in [5, 5.41) is 18.7. The number of hydrogen-bond acceptors (Lipinski definition) is 6. The number of aromatic nitrogens is 3. The first-order chi connectivity index (χ1) is 15.5. The maximum absolute atomic E-state index is 13.2. The number of carbonyl (C=O) groups excluding carboxylic acids is 2. The predicted octanol–water partition coefficient (Wildman–Crippen LogP) is 3.87. The highest BCUT2D eigenvalue weighted by Crippen LogP contribution is 2.42. The monoisotopic (exact) mass is 458 g/mol. The van der Waals surface area contributed by atoms with Crippen LogP contribution < -0.4 is 16.0 Å². The van der Waals surface area contributed by atoms with Gasteiger partial charge in [0.05, 0.1) is 5.56 Å². The first-order valence-corrected chi connectivity index (χ1v) is 12.7. The molecule has 2 saturated carbocycles. The second kappa shape index (κ2) is 8.84. The first-order valence-electron chi connectivity index (χ1n) is 11.9. The topological polar surface area (TPSA) is 101 Å². The second-order valence-corrected chi connectivity index (χ2v) is 11.0. The highest BCUT2D eigenvalue weighted by atomic mass is 32.1. The lowest BCUT2D eigenvalue weighted by Gasteiger charge is -2.25. The Kier molecular flexibility index (Phi) is 5.92. The van der Waals surface area contributed by atoms with Crippen LogP contribution in [0.1, 0.15) is 74.2 Å². The Balaban J connectivity index is 0.00000259. The van der Waals surface area contributed by atoms with Gasteiger partial charge in [0.15, 0.2) is 0 Å². The average molecular weight is 459 g/mol. The minimum atomic E-state index is -0.0527. The van der Waals surface area contributed by atoms with E-state index >= 15 is 0 Å². The minimum Gasteiger partial charge on any atom is -0.354 e. The standard InChI is InChI=1S/C23H32N6O2S.H2/c1-13(2)10-25-23-28-26-12-29(23)16-7-8-18-17(9-16)19(21(31)24-11-14-3-4-14)22(32-18)27-20(30)15-5-6-15;/h12-16H,3-11H2,1-2H3,(H,24,31)(H,25,28)(H,27,30);1H/t16-;/m0./s1. The summed E-state index contributed by atoms with van der Waals surface area (Å²) < 4.78 is 2.11. The van der Waals surface area contributed by atoms with Crippen molar-refractivity contribution < 1.29 is 11.0 Å². The van der Waals surface area contributed by atoms with E-state index < -0.39 is 0 Å². The molecule has 2 amide bonds. The third kappa shape index (κ3) is 4.67. The molecule has 0 aliphatic heterocycles. The van der Waals surface area contributed by atoms with Crippen molar-refractivity contribution in [2.24, 2.45) is 17.8 Å². The van der Waals surface area contributed by atoms with Crippen molar-refractivity contribution in [2.75, 3.05) is 23.7 Å². The van der Waals surface area contributed by atoms with Gasteiger partial charge in [-0.2, -0.15) is 0 Å². The lowest BCUT2D eigenvalue weighted by atomic mass is 9.91. The SMILES string of the molecule is CC(C)CNc1nncn1[C@H]1CCc2sc(NC(=O)C3CC3)c(C(=O)NCC3CC3)c2C1.[HH]. The van der Waals surface area contributed by atoms with Crippen LogP contribution in [0.4, 0.5) is 10.9 Å². The number of rotatable bonds is 9. The Morgan fingerprint density at radius 1 is 1.25 bits per heavy atom. The summed E-state index contributed by atoms with van der Waals surface area (Å²) >= 11 is 1.58. The van der Waals surface area contributed by atoms with Crippen molar-refractivity contribution >= 4 is 34.1 Å². The van der Waals surface area contributed by atoms with E-state index in [9.17, 15) is 9.59 Å². The normalized spacial score (nSPS) is 20.2. The molecular weight excluding hydrogens is 424 g/mol. The maximum atomic E-state index is 13.2. The molecule has 0 bridgehead atoms. The molecule has 174 valence electrons. The van der Waals surface area contributed by atoms with Gasteiger partial charge in [0.2, 0.25) is 11.9 Å². The zero-order chi connectivity index (χ0) is 22.2. The van der Waals surface area contributed by atoms with Crippen LogP contribution >= 0.6 is 11.3 Å². The van der Waals surface area contributed by atoms with Crippen molar-refractivity contribution in [3.05, 3.63) is 22.3 Å². The van der Waals surface area contributed by atoms with E-state index in [1.54, 1.807) is 17.7 Å². The van der Waals surface area contributed by atoms with E-state index in [4.69, 9.17) is 0 Å². The molecule has 2 aromatic heterocycles. The molecule has 3 aliphatic carbocycles. The maximum Gasteiger partial charge on any atom is 0.254 e.